The third-order valence-electron chi connectivity index (χ3n) is 3.39. The van der Waals surface area contributed by atoms with E-state index in [1.807, 2.05) is 50.2 Å². The van der Waals surface area contributed by atoms with Gasteiger partial charge in [-0.25, -0.2) is 4.98 Å². The van der Waals surface area contributed by atoms with Gasteiger partial charge in [0.15, 0.2) is 0 Å². The van der Waals surface area contributed by atoms with Crippen molar-refractivity contribution in [2.24, 2.45) is 0 Å². The van der Waals surface area contributed by atoms with Crippen molar-refractivity contribution in [2.45, 2.75) is 19.9 Å². The highest BCUT2D eigenvalue weighted by Crippen LogP contribution is 2.24. The van der Waals surface area contributed by atoms with E-state index in [9.17, 15) is 5.26 Å². The van der Waals surface area contributed by atoms with Crippen molar-refractivity contribution >= 4 is 16.7 Å². The molecule has 4 nitrogen and oxygen atoms in total. The smallest absolute Gasteiger partial charge is 0.128 e. The van der Waals surface area contributed by atoms with Gasteiger partial charge in [0.25, 0.3) is 0 Å². The van der Waals surface area contributed by atoms with Crippen LogP contribution in [0.15, 0.2) is 46.9 Å². The number of para-hydroxylation sites is 1. The SMILES string of the molecule is Cc1ccc(C(C)Nc2cc(C#N)c3ccccc3n2)o1. The number of aryl methyl sites for hydroxylation is 1. The molecular formula is C17H15N3O. The maximum absolute atomic E-state index is 9.29. The molecule has 0 aliphatic rings. The van der Waals surface area contributed by atoms with E-state index in [2.05, 4.69) is 16.4 Å². The van der Waals surface area contributed by atoms with E-state index in [0.29, 0.717) is 11.4 Å². The average Bonchev–Trinajstić information content (AvgIpc) is 2.93. The van der Waals surface area contributed by atoms with Gasteiger partial charge in [-0.15, -0.1) is 0 Å². The van der Waals surface area contributed by atoms with Crippen molar-refractivity contribution in [2.75, 3.05) is 5.32 Å². The number of benzene rings is 1. The van der Waals surface area contributed by atoms with Crippen molar-refractivity contribution in [1.82, 2.24) is 4.98 Å². The lowest BCUT2D eigenvalue weighted by Gasteiger charge is -2.13. The molecule has 0 saturated heterocycles. The molecule has 1 unspecified atom stereocenters. The van der Waals surface area contributed by atoms with Gasteiger partial charge in [0, 0.05) is 5.39 Å². The number of furan rings is 1. The van der Waals surface area contributed by atoms with Crippen LogP contribution in [0.3, 0.4) is 0 Å². The molecule has 2 heterocycles. The molecule has 3 rings (SSSR count). The Morgan fingerprint density at radius 2 is 2.05 bits per heavy atom. The van der Waals surface area contributed by atoms with Crippen LogP contribution in [-0.2, 0) is 0 Å². The fraction of sp³-hybridized carbons (Fsp3) is 0.176. The van der Waals surface area contributed by atoms with Gasteiger partial charge in [-0.2, -0.15) is 5.26 Å². The number of nitrogens with zero attached hydrogens (tertiary/aromatic N) is 2. The van der Waals surface area contributed by atoms with Gasteiger partial charge in [-0.3, -0.25) is 0 Å². The topological polar surface area (TPSA) is 61.9 Å². The first-order chi connectivity index (χ1) is 10.2. The summed E-state index contributed by atoms with van der Waals surface area (Å²) in [6.45, 7) is 3.92. The zero-order valence-corrected chi connectivity index (χ0v) is 11.9. The largest absolute Gasteiger partial charge is 0.464 e. The normalized spacial score (nSPS) is 12.0. The van der Waals surface area contributed by atoms with Crippen LogP contribution in [0.1, 0.15) is 30.0 Å². The molecule has 104 valence electrons. The monoisotopic (exact) mass is 277 g/mol. The summed E-state index contributed by atoms with van der Waals surface area (Å²) in [7, 11) is 0. The summed E-state index contributed by atoms with van der Waals surface area (Å²) in [6, 6.07) is 15.5. The van der Waals surface area contributed by atoms with Crippen LogP contribution in [0, 0.1) is 18.3 Å². The molecule has 2 aromatic heterocycles. The lowest BCUT2D eigenvalue weighted by Crippen LogP contribution is -2.07. The average molecular weight is 277 g/mol. The summed E-state index contributed by atoms with van der Waals surface area (Å²) in [5.74, 6) is 2.40. The van der Waals surface area contributed by atoms with Crippen molar-refractivity contribution in [3.63, 3.8) is 0 Å². The van der Waals surface area contributed by atoms with E-state index in [1.54, 1.807) is 6.07 Å². The number of hydrogen-bond acceptors (Lipinski definition) is 4. The summed E-state index contributed by atoms with van der Waals surface area (Å²) in [5, 5.41) is 13.4. The molecule has 21 heavy (non-hydrogen) atoms. The second-order valence-electron chi connectivity index (χ2n) is 5.00. The van der Waals surface area contributed by atoms with Gasteiger partial charge in [0.1, 0.15) is 17.3 Å². The predicted octanol–water partition coefficient (Wildman–Crippen LogP) is 4.18. The van der Waals surface area contributed by atoms with Crippen molar-refractivity contribution < 1.29 is 4.42 Å². The maximum atomic E-state index is 9.29. The first kappa shape index (κ1) is 13.2. The summed E-state index contributed by atoms with van der Waals surface area (Å²) >= 11 is 0. The molecule has 0 aliphatic heterocycles. The number of nitrogens with one attached hydrogen (secondary N) is 1. The molecule has 0 spiro atoms. The standard InChI is InChI=1S/C17H15N3O/c1-11-7-8-16(21-11)12(2)19-17-9-13(10-18)14-5-3-4-6-15(14)20-17/h3-9,12H,1-2H3,(H,19,20). The highest BCUT2D eigenvalue weighted by molar-refractivity contribution is 5.86. The van der Waals surface area contributed by atoms with Crippen molar-refractivity contribution in [3.8, 4) is 6.07 Å². The van der Waals surface area contributed by atoms with Crippen LogP contribution in [0.25, 0.3) is 10.9 Å². The molecule has 1 aromatic carbocycles. The Kier molecular flexibility index (Phi) is 3.33. The highest BCUT2D eigenvalue weighted by Gasteiger charge is 2.11. The molecular weight excluding hydrogens is 262 g/mol. The summed E-state index contributed by atoms with van der Waals surface area (Å²) in [6.07, 6.45) is 0. The van der Waals surface area contributed by atoms with E-state index >= 15 is 0 Å². The van der Waals surface area contributed by atoms with E-state index in [-0.39, 0.29) is 6.04 Å². The van der Waals surface area contributed by atoms with Crippen LogP contribution < -0.4 is 5.32 Å². The Morgan fingerprint density at radius 3 is 2.76 bits per heavy atom. The fourth-order valence-electron chi connectivity index (χ4n) is 2.32. The maximum Gasteiger partial charge on any atom is 0.128 e. The molecule has 1 atom stereocenters. The van der Waals surface area contributed by atoms with Gasteiger partial charge in [0.05, 0.1) is 23.2 Å². The summed E-state index contributed by atoms with van der Waals surface area (Å²) < 4.78 is 5.61. The van der Waals surface area contributed by atoms with Gasteiger partial charge in [0.2, 0.25) is 0 Å². The second kappa shape index (κ2) is 5.29. The van der Waals surface area contributed by atoms with E-state index in [4.69, 9.17) is 4.42 Å². The zero-order valence-electron chi connectivity index (χ0n) is 11.9. The fourth-order valence-corrected chi connectivity index (χ4v) is 2.32. The number of pyridine rings is 1. The molecule has 0 amide bonds. The molecule has 4 heteroatoms. The Hall–Kier alpha value is -2.80. The molecule has 1 N–H and O–H groups in total. The molecule has 3 aromatic rings. The number of nitriles is 1. The third kappa shape index (κ3) is 2.59. The Labute approximate surface area is 123 Å². The molecule has 0 aliphatic carbocycles. The Morgan fingerprint density at radius 1 is 1.24 bits per heavy atom. The lowest BCUT2D eigenvalue weighted by atomic mass is 10.1. The molecule has 0 bridgehead atoms. The second-order valence-corrected chi connectivity index (χ2v) is 5.00. The number of fused-ring (bicyclic) bond motifs is 1. The summed E-state index contributed by atoms with van der Waals surface area (Å²) in [5.41, 5.74) is 1.42. The Balaban J connectivity index is 1.96. The number of aromatic nitrogens is 1. The number of hydrogen-bond donors (Lipinski definition) is 1. The minimum Gasteiger partial charge on any atom is -0.464 e. The minimum atomic E-state index is -0.0149. The minimum absolute atomic E-state index is 0.0149. The zero-order chi connectivity index (χ0) is 14.8. The van der Waals surface area contributed by atoms with Gasteiger partial charge < -0.3 is 9.73 Å². The Bertz CT molecular complexity index is 829. The quantitative estimate of drug-likeness (QED) is 0.780. The molecule has 0 saturated carbocycles. The first-order valence-corrected chi connectivity index (χ1v) is 6.80. The van der Waals surface area contributed by atoms with Gasteiger partial charge >= 0.3 is 0 Å². The summed E-state index contributed by atoms with van der Waals surface area (Å²) in [4.78, 5) is 4.55. The van der Waals surface area contributed by atoms with Crippen LogP contribution in [-0.4, -0.2) is 4.98 Å². The van der Waals surface area contributed by atoms with Gasteiger partial charge in [-0.1, -0.05) is 18.2 Å². The molecule has 0 radical (unpaired) electrons. The van der Waals surface area contributed by atoms with E-state index in [0.717, 1.165) is 22.4 Å². The van der Waals surface area contributed by atoms with Crippen LogP contribution in [0.4, 0.5) is 5.82 Å². The number of rotatable bonds is 3. The lowest BCUT2D eigenvalue weighted by molar-refractivity contribution is 0.466. The third-order valence-corrected chi connectivity index (χ3v) is 3.39. The van der Waals surface area contributed by atoms with Crippen LogP contribution >= 0.6 is 0 Å². The van der Waals surface area contributed by atoms with Crippen LogP contribution in [0.5, 0.6) is 0 Å². The van der Waals surface area contributed by atoms with E-state index < -0.39 is 0 Å². The molecule has 0 fully saturated rings. The van der Waals surface area contributed by atoms with Gasteiger partial charge in [-0.05, 0) is 38.1 Å². The van der Waals surface area contributed by atoms with E-state index in [1.165, 1.54) is 0 Å². The first-order valence-electron chi connectivity index (χ1n) is 6.80. The highest BCUT2D eigenvalue weighted by atomic mass is 16.3. The predicted molar refractivity (Wildman–Crippen MR) is 81.9 cm³/mol. The van der Waals surface area contributed by atoms with Crippen LogP contribution in [0.2, 0.25) is 0 Å². The van der Waals surface area contributed by atoms with Crippen molar-refractivity contribution in [1.29, 1.82) is 5.26 Å². The number of anilines is 1. The van der Waals surface area contributed by atoms with Crippen molar-refractivity contribution in [3.05, 3.63) is 59.5 Å².